The molecule has 20 heavy (non-hydrogen) atoms. The zero-order chi connectivity index (χ0) is 14.6. The number of aromatic nitrogens is 1. The second-order valence-electron chi connectivity index (χ2n) is 4.55. The Labute approximate surface area is 119 Å². The van der Waals surface area contributed by atoms with Gasteiger partial charge in [0, 0.05) is 13.1 Å². The first-order chi connectivity index (χ1) is 9.53. The van der Waals surface area contributed by atoms with Gasteiger partial charge < -0.3 is 4.90 Å². The molecule has 1 aliphatic heterocycles. The summed E-state index contributed by atoms with van der Waals surface area (Å²) in [5.41, 5.74) is 0. The van der Waals surface area contributed by atoms with Crippen molar-refractivity contribution in [1.29, 1.82) is 0 Å². The van der Waals surface area contributed by atoms with Crippen molar-refractivity contribution in [2.45, 2.75) is 24.4 Å². The number of pyridine rings is 1. The van der Waals surface area contributed by atoms with E-state index in [4.69, 9.17) is 6.42 Å². The zero-order valence-corrected chi connectivity index (χ0v) is 12.1. The Hall–Kier alpha value is -1.84. The molecule has 1 aromatic rings. The van der Waals surface area contributed by atoms with Gasteiger partial charge in [0.05, 0.1) is 6.04 Å². The largest absolute Gasteiger partial charge is 0.353 e. The first-order valence-corrected chi connectivity index (χ1v) is 7.87. The first-order valence-electron chi connectivity index (χ1n) is 6.38. The summed E-state index contributed by atoms with van der Waals surface area (Å²) in [7, 11) is -3.68. The number of hydrogen-bond acceptors (Lipinski definition) is 4. The number of anilines is 1. The molecule has 0 aliphatic carbocycles. The predicted molar refractivity (Wildman–Crippen MR) is 78.8 cm³/mol. The molecule has 106 valence electrons. The third-order valence-electron chi connectivity index (χ3n) is 2.95. The molecule has 2 heterocycles. The molecule has 0 amide bonds. The van der Waals surface area contributed by atoms with Gasteiger partial charge in [-0.1, -0.05) is 24.1 Å². The number of nitrogens with zero attached hydrogens (tertiary/aromatic N) is 2. The van der Waals surface area contributed by atoms with Gasteiger partial charge in [-0.25, -0.2) is 13.4 Å². The van der Waals surface area contributed by atoms with Crippen molar-refractivity contribution < 1.29 is 8.42 Å². The molecule has 1 aliphatic rings. The molecule has 0 saturated heterocycles. The van der Waals surface area contributed by atoms with Crippen LogP contribution in [0.1, 0.15) is 13.3 Å². The Balaban J connectivity index is 2.25. The molecule has 0 bridgehead atoms. The molecule has 0 saturated carbocycles. The molecule has 1 atom stereocenters. The van der Waals surface area contributed by atoms with E-state index < -0.39 is 16.1 Å². The van der Waals surface area contributed by atoms with Crippen molar-refractivity contribution in [1.82, 2.24) is 9.71 Å². The van der Waals surface area contributed by atoms with Crippen LogP contribution in [0.2, 0.25) is 0 Å². The molecule has 5 nitrogen and oxygen atoms in total. The molecule has 1 aromatic heterocycles. The summed E-state index contributed by atoms with van der Waals surface area (Å²) in [6.45, 7) is 3.18. The Morgan fingerprint density at radius 3 is 2.90 bits per heavy atom. The van der Waals surface area contributed by atoms with Crippen LogP contribution in [0.5, 0.6) is 0 Å². The maximum absolute atomic E-state index is 12.1. The Morgan fingerprint density at radius 1 is 1.45 bits per heavy atom. The average Bonchev–Trinajstić information content (AvgIpc) is 2.48. The standard InChI is InChI=1S/C14H17N3O2S/c1-3-12(2)16-20(18,19)14-9-7-8-13(15-14)17-10-5-4-6-11-17/h1,4-5,7-9,12,16H,6,10-11H2,2H3. The molecule has 0 aromatic carbocycles. The lowest BCUT2D eigenvalue weighted by Crippen LogP contribution is -2.33. The van der Waals surface area contributed by atoms with Gasteiger partial charge in [0.1, 0.15) is 5.82 Å². The van der Waals surface area contributed by atoms with Gasteiger partial charge in [-0.15, -0.1) is 6.42 Å². The number of nitrogens with one attached hydrogen (secondary N) is 1. The SMILES string of the molecule is C#CC(C)NS(=O)(=O)c1cccc(N2CC=CCC2)n1. The maximum Gasteiger partial charge on any atom is 0.259 e. The van der Waals surface area contributed by atoms with Crippen molar-refractivity contribution in [2.75, 3.05) is 18.0 Å². The molecular formula is C14H17N3O2S. The van der Waals surface area contributed by atoms with Crippen LogP contribution >= 0.6 is 0 Å². The molecule has 2 rings (SSSR count). The fourth-order valence-corrected chi connectivity index (χ4v) is 3.03. The van der Waals surface area contributed by atoms with E-state index in [-0.39, 0.29) is 5.03 Å². The van der Waals surface area contributed by atoms with Crippen LogP contribution in [0.15, 0.2) is 35.4 Å². The minimum Gasteiger partial charge on any atom is -0.353 e. The highest BCUT2D eigenvalue weighted by Crippen LogP contribution is 2.17. The normalized spacial score (nSPS) is 16.7. The van der Waals surface area contributed by atoms with Crippen LogP contribution < -0.4 is 9.62 Å². The maximum atomic E-state index is 12.1. The lowest BCUT2D eigenvalue weighted by molar-refractivity contribution is 0.573. The monoisotopic (exact) mass is 291 g/mol. The number of terminal acetylenes is 1. The second kappa shape index (κ2) is 6.07. The number of rotatable bonds is 4. The van der Waals surface area contributed by atoms with Gasteiger partial charge in [-0.2, -0.15) is 4.72 Å². The van der Waals surface area contributed by atoms with Crippen LogP contribution in [0.3, 0.4) is 0 Å². The Morgan fingerprint density at radius 2 is 2.25 bits per heavy atom. The van der Waals surface area contributed by atoms with Crippen LogP contribution in [0, 0.1) is 12.3 Å². The van der Waals surface area contributed by atoms with E-state index in [1.165, 1.54) is 6.07 Å². The van der Waals surface area contributed by atoms with Gasteiger partial charge in [-0.3, -0.25) is 0 Å². The van der Waals surface area contributed by atoms with E-state index in [2.05, 4.69) is 21.7 Å². The van der Waals surface area contributed by atoms with Gasteiger partial charge >= 0.3 is 0 Å². The molecule has 0 fully saturated rings. The highest BCUT2D eigenvalue weighted by atomic mass is 32.2. The van der Waals surface area contributed by atoms with E-state index in [0.717, 1.165) is 19.5 Å². The smallest absolute Gasteiger partial charge is 0.259 e. The fraction of sp³-hybridized carbons (Fsp3) is 0.357. The van der Waals surface area contributed by atoms with Gasteiger partial charge in [-0.05, 0) is 25.5 Å². The fourth-order valence-electron chi connectivity index (χ4n) is 1.91. The molecule has 0 spiro atoms. The Bertz CT molecular complexity index is 647. The van der Waals surface area contributed by atoms with E-state index in [1.54, 1.807) is 13.0 Å². The number of sulfonamides is 1. The minimum absolute atomic E-state index is 0.00773. The van der Waals surface area contributed by atoms with Crippen LogP contribution in [0.4, 0.5) is 5.82 Å². The topological polar surface area (TPSA) is 62.3 Å². The summed E-state index contributed by atoms with van der Waals surface area (Å²) in [6.07, 6.45) is 10.3. The summed E-state index contributed by atoms with van der Waals surface area (Å²) in [5.74, 6) is 2.99. The number of hydrogen-bond donors (Lipinski definition) is 1. The van der Waals surface area contributed by atoms with Crippen molar-refractivity contribution >= 4 is 15.8 Å². The molecule has 1 N–H and O–H groups in total. The van der Waals surface area contributed by atoms with Crippen molar-refractivity contribution in [3.8, 4) is 12.3 Å². The summed E-state index contributed by atoms with van der Waals surface area (Å²) in [5, 5.41) is -0.00773. The van der Waals surface area contributed by atoms with Gasteiger partial charge in [0.15, 0.2) is 5.03 Å². The van der Waals surface area contributed by atoms with Gasteiger partial charge in [0.2, 0.25) is 0 Å². The molecule has 6 heteroatoms. The van der Waals surface area contributed by atoms with Crippen LogP contribution in [-0.2, 0) is 10.0 Å². The minimum atomic E-state index is -3.68. The predicted octanol–water partition coefficient (Wildman–Crippen LogP) is 1.15. The molecule has 0 radical (unpaired) electrons. The van der Waals surface area contributed by atoms with Crippen LogP contribution in [0.25, 0.3) is 0 Å². The quantitative estimate of drug-likeness (QED) is 0.668. The van der Waals surface area contributed by atoms with Crippen molar-refractivity contribution in [3.05, 3.63) is 30.4 Å². The second-order valence-corrected chi connectivity index (χ2v) is 6.21. The zero-order valence-electron chi connectivity index (χ0n) is 11.3. The molecular weight excluding hydrogens is 274 g/mol. The van der Waals surface area contributed by atoms with Crippen molar-refractivity contribution in [2.24, 2.45) is 0 Å². The molecule has 1 unspecified atom stereocenters. The highest BCUT2D eigenvalue weighted by Gasteiger charge is 2.19. The lowest BCUT2D eigenvalue weighted by Gasteiger charge is -2.24. The summed E-state index contributed by atoms with van der Waals surface area (Å²) in [4.78, 5) is 6.26. The van der Waals surface area contributed by atoms with E-state index in [9.17, 15) is 8.42 Å². The highest BCUT2D eigenvalue weighted by molar-refractivity contribution is 7.89. The third kappa shape index (κ3) is 3.38. The van der Waals surface area contributed by atoms with E-state index in [1.807, 2.05) is 17.0 Å². The van der Waals surface area contributed by atoms with Crippen LogP contribution in [-0.4, -0.2) is 32.5 Å². The van der Waals surface area contributed by atoms with E-state index >= 15 is 0 Å². The van der Waals surface area contributed by atoms with E-state index in [0.29, 0.717) is 5.82 Å². The Kier molecular flexibility index (Phi) is 4.42. The third-order valence-corrected chi connectivity index (χ3v) is 4.39. The first kappa shape index (κ1) is 14.6. The van der Waals surface area contributed by atoms with Gasteiger partial charge in [0.25, 0.3) is 10.0 Å². The average molecular weight is 291 g/mol. The summed E-state index contributed by atoms with van der Waals surface area (Å²) in [6, 6.07) is 4.40. The van der Waals surface area contributed by atoms with Crippen molar-refractivity contribution in [3.63, 3.8) is 0 Å². The summed E-state index contributed by atoms with van der Waals surface area (Å²) < 4.78 is 26.7. The summed E-state index contributed by atoms with van der Waals surface area (Å²) >= 11 is 0. The lowest BCUT2D eigenvalue weighted by atomic mass is 10.2.